The zero-order valence-electron chi connectivity index (χ0n) is 15.3. The van der Waals surface area contributed by atoms with E-state index in [2.05, 4.69) is 20.8 Å². The first-order valence-corrected chi connectivity index (χ1v) is 9.35. The smallest absolute Gasteiger partial charge is 0.255 e. The van der Waals surface area contributed by atoms with Gasteiger partial charge in [-0.1, -0.05) is 23.9 Å². The molecule has 0 aliphatic rings. The summed E-state index contributed by atoms with van der Waals surface area (Å²) in [4.78, 5) is 24.5. The first-order valence-electron chi connectivity index (χ1n) is 8.36. The maximum absolute atomic E-state index is 13.9. The SMILES string of the molecule is Cc1ccc(NC(=O)c2cccc(NC(=O)CSc3nncn3C)c2)c(F)c1. The zero-order valence-corrected chi connectivity index (χ0v) is 16.1. The summed E-state index contributed by atoms with van der Waals surface area (Å²) in [7, 11) is 1.79. The number of rotatable bonds is 6. The maximum Gasteiger partial charge on any atom is 0.255 e. The number of halogens is 1. The number of nitrogens with one attached hydrogen (secondary N) is 2. The van der Waals surface area contributed by atoms with Crippen molar-refractivity contribution in [2.75, 3.05) is 16.4 Å². The molecule has 0 spiro atoms. The van der Waals surface area contributed by atoms with E-state index in [0.29, 0.717) is 16.4 Å². The molecule has 2 aromatic carbocycles. The lowest BCUT2D eigenvalue weighted by Crippen LogP contribution is -2.16. The Morgan fingerprint density at radius 1 is 1.18 bits per heavy atom. The molecule has 0 fully saturated rings. The third kappa shape index (κ3) is 4.95. The van der Waals surface area contributed by atoms with Crippen LogP contribution in [0.4, 0.5) is 15.8 Å². The van der Waals surface area contributed by atoms with Crippen LogP contribution in [0.1, 0.15) is 15.9 Å². The lowest BCUT2D eigenvalue weighted by Gasteiger charge is -2.09. The summed E-state index contributed by atoms with van der Waals surface area (Å²) in [6.45, 7) is 1.77. The van der Waals surface area contributed by atoms with Crippen LogP contribution in [0.15, 0.2) is 53.9 Å². The summed E-state index contributed by atoms with van der Waals surface area (Å²) >= 11 is 1.25. The third-order valence-corrected chi connectivity index (χ3v) is 4.82. The van der Waals surface area contributed by atoms with Crippen LogP contribution in [0.3, 0.4) is 0 Å². The van der Waals surface area contributed by atoms with E-state index >= 15 is 0 Å². The first kappa shape index (κ1) is 19.6. The molecule has 1 heterocycles. The van der Waals surface area contributed by atoms with Crippen LogP contribution in [0.5, 0.6) is 0 Å². The molecule has 2 amide bonds. The molecule has 144 valence electrons. The molecule has 28 heavy (non-hydrogen) atoms. The number of anilines is 2. The highest BCUT2D eigenvalue weighted by Gasteiger charge is 2.12. The number of amides is 2. The Kier molecular flexibility index (Phi) is 6.05. The third-order valence-electron chi connectivity index (χ3n) is 3.78. The highest BCUT2D eigenvalue weighted by Crippen LogP contribution is 2.18. The molecule has 0 saturated heterocycles. The van der Waals surface area contributed by atoms with Crippen LogP contribution in [0, 0.1) is 12.7 Å². The van der Waals surface area contributed by atoms with E-state index in [1.807, 2.05) is 0 Å². The quantitative estimate of drug-likeness (QED) is 0.621. The van der Waals surface area contributed by atoms with Gasteiger partial charge in [0, 0.05) is 18.3 Å². The Morgan fingerprint density at radius 2 is 2.00 bits per heavy atom. The van der Waals surface area contributed by atoms with Gasteiger partial charge in [-0.2, -0.15) is 0 Å². The minimum Gasteiger partial charge on any atom is -0.325 e. The molecule has 7 nitrogen and oxygen atoms in total. The summed E-state index contributed by atoms with van der Waals surface area (Å²) in [5.41, 5.74) is 1.64. The highest BCUT2D eigenvalue weighted by atomic mass is 32.2. The number of carbonyl (C=O) groups excluding carboxylic acids is 2. The van der Waals surface area contributed by atoms with E-state index in [4.69, 9.17) is 0 Å². The normalized spacial score (nSPS) is 10.5. The molecule has 0 atom stereocenters. The second kappa shape index (κ2) is 8.66. The second-order valence-corrected chi connectivity index (χ2v) is 7.02. The van der Waals surface area contributed by atoms with Gasteiger partial charge in [0.05, 0.1) is 11.4 Å². The van der Waals surface area contributed by atoms with Crippen molar-refractivity contribution in [1.82, 2.24) is 14.8 Å². The van der Waals surface area contributed by atoms with Gasteiger partial charge in [0.2, 0.25) is 5.91 Å². The van der Waals surface area contributed by atoms with Gasteiger partial charge in [0.1, 0.15) is 12.1 Å². The van der Waals surface area contributed by atoms with Crippen LogP contribution in [0.25, 0.3) is 0 Å². The number of aromatic nitrogens is 3. The van der Waals surface area contributed by atoms with Crippen molar-refractivity contribution >= 4 is 35.0 Å². The molecule has 0 bridgehead atoms. The van der Waals surface area contributed by atoms with Crippen molar-refractivity contribution in [3.05, 3.63) is 65.7 Å². The number of thioether (sulfide) groups is 1. The van der Waals surface area contributed by atoms with E-state index in [1.165, 1.54) is 30.0 Å². The van der Waals surface area contributed by atoms with Crippen molar-refractivity contribution in [2.45, 2.75) is 12.1 Å². The zero-order chi connectivity index (χ0) is 20.1. The van der Waals surface area contributed by atoms with Gasteiger partial charge in [-0.05, 0) is 42.8 Å². The predicted octanol–water partition coefficient (Wildman–Crippen LogP) is 3.25. The summed E-state index contributed by atoms with van der Waals surface area (Å²) in [6, 6.07) is 11.0. The van der Waals surface area contributed by atoms with E-state index in [-0.39, 0.29) is 17.3 Å². The lowest BCUT2D eigenvalue weighted by atomic mass is 10.1. The molecule has 0 aliphatic heterocycles. The van der Waals surface area contributed by atoms with Crippen molar-refractivity contribution < 1.29 is 14.0 Å². The molecule has 0 radical (unpaired) electrons. The van der Waals surface area contributed by atoms with Gasteiger partial charge in [-0.15, -0.1) is 10.2 Å². The van der Waals surface area contributed by atoms with Gasteiger partial charge < -0.3 is 15.2 Å². The Balaban J connectivity index is 1.62. The largest absolute Gasteiger partial charge is 0.325 e. The fraction of sp³-hybridized carbons (Fsp3) is 0.158. The molecule has 1 aromatic heterocycles. The number of carbonyl (C=O) groups is 2. The molecule has 0 unspecified atom stereocenters. The second-order valence-electron chi connectivity index (χ2n) is 6.08. The highest BCUT2D eigenvalue weighted by molar-refractivity contribution is 7.99. The van der Waals surface area contributed by atoms with Crippen LogP contribution in [-0.4, -0.2) is 32.3 Å². The standard InChI is InChI=1S/C19H18FN5O2S/c1-12-6-7-16(15(20)8-12)23-18(27)13-4-3-5-14(9-13)22-17(26)10-28-19-24-21-11-25(19)2/h3-9,11H,10H2,1-2H3,(H,22,26)(H,23,27). The lowest BCUT2D eigenvalue weighted by molar-refractivity contribution is -0.113. The monoisotopic (exact) mass is 399 g/mol. The number of aryl methyl sites for hydroxylation is 2. The fourth-order valence-electron chi connectivity index (χ4n) is 2.38. The minimum atomic E-state index is -0.501. The molecular formula is C19H18FN5O2S. The summed E-state index contributed by atoms with van der Waals surface area (Å²) in [5, 5.41) is 13.5. The molecule has 3 aromatic rings. The summed E-state index contributed by atoms with van der Waals surface area (Å²) in [6.07, 6.45) is 1.55. The van der Waals surface area contributed by atoms with Crippen LogP contribution in [-0.2, 0) is 11.8 Å². The van der Waals surface area contributed by atoms with Crippen LogP contribution < -0.4 is 10.6 Å². The van der Waals surface area contributed by atoms with Gasteiger partial charge >= 0.3 is 0 Å². The first-order chi connectivity index (χ1) is 13.4. The average molecular weight is 399 g/mol. The average Bonchev–Trinajstić information content (AvgIpc) is 3.07. The van der Waals surface area contributed by atoms with Crippen molar-refractivity contribution in [2.24, 2.45) is 7.05 Å². The minimum absolute atomic E-state index is 0.102. The van der Waals surface area contributed by atoms with E-state index in [1.54, 1.807) is 49.1 Å². The Labute approximate surface area is 165 Å². The summed E-state index contributed by atoms with van der Waals surface area (Å²) in [5.74, 6) is -1.06. The molecule has 3 rings (SSSR count). The van der Waals surface area contributed by atoms with Crippen molar-refractivity contribution in [3.8, 4) is 0 Å². The Hall–Kier alpha value is -3.20. The number of nitrogens with zero attached hydrogens (tertiary/aromatic N) is 3. The van der Waals surface area contributed by atoms with Crippen LogP contribution >= 0.6 is 11.8 Å². The van der Waals surface area contributed by atoms with E-state index in [9.17, 15) is 14.0 Å². The molecule has 9 heteroatoms. The van der Waals surface area contributed by atoms with Crippen molar-refractivity contribution in [1.29, 1.82) is 0 Å². The summed E-state index contributed by atoms with van der Waals surface area (Å²) < 4.78 is 15.6. The van der Waals surface area contributed by atoms with E-state index < -0.39 is 11.7 Å². The number of benzene rings is 2. The Bertz CT molecular complexity index is 1020. The van der Waals surface area contributed by atoms with Gasteiger partial charge in [-0.25, -0.2) is 4.39 Å². The molecule has 0 saturated carbocycles. The van der Waals surface area contributed by atoms with E-state index in [0.717, 1.165) is 5.56 Å². The van der Waals surface area contributed by atoms with Crippen molar-refractivity contribution in [3.63, 3.8) is 0 Å². The molecule has 0 aliphatic carbocycles. The Morgan fingerprint density at radius 3 is 2.71 bits per heavy atom. The number of hydrogen-bond donors (Lipinski definition) is 2. The van der Waals surface area contributed by atoms with Crippen LogP contribution in [0.2, 0.25) is 0 Å². The molecule has 2 N–H and O–H groups in total. The predicted molar refractivity (Wildman–Crippen MR) is 106 cm³/mol. The topological polar surface area (TPSA) is 88.9 Å². The molecular weight excluding hydrogens is 381 g/mol. The number of hydrogen-bond acceptors (Lipinski definition) is 5. The van der Waals surface area contributed by atoms with Gasteiger partial charge in [0.15, 0.2) is 5.16 Å². The van der Waals surface area contributed by atoms with Gasteiger partial charge in [0.25, 0.3) is 5.91 Å². The fourth-order valence-corrected chi connectivity index (χ4v) is 3.07. The van der Waals surface area contributed by atoms with Gasteiger partial charge in [-0.3, -0.25) is 9.59 Å². The maximum atomic E-state index is 13.9.